The summed E-state index contributed by atoms with van der Waals surface area (Å²) in [4.78, 5) is 0. The first kappa shape index (κ1) is 14.5. The molecule has 0 bridgehead atoms. The van der Waals surface area contributed by atoms with Gasteiger partial charge in [-0.15, -0.1) is 0 Å². The number of hydrogen-bond donors (Lipinski definition) is 2. The first-order chi connectivity index (χ1) is 8.00. The Morgan fingerprint density at radius 2 is 1.41 bits per heavy atom. The van der Waals surface area contributed by atoms with E-state index in [4.69, 9.17) is 0 Å². The van der Waals surface area contributed by atoms with Crippen LogP contribution in [-0.2, 0) is 0 Å². The summed E-state index contributed by atoms with van der Waals surface area (Å²) in [7, 11) is 0. The van der Waals surface area contributed by atoms with Gasteiger partial charge in [-0.2, -0.15) is 0 Å². The largest absolute Gasteiger partial charge is 0.384 e. The van der Waals surface area contributed by atoms with Gasteiger partial charge in [0.15, 0.2) is 0 Å². The maximum atomic E-state index is 10.2. The third kappa shape index (κ3) is 3.20. The summed E-state index contributed by atoms with van der Waals surface area (Å²) in [6, 6.07) is 0. The van der Waals surface area contributed by atoms with E-state index in [1.807, 2.05) is 20.8 Å². The van der Waals surface area contributed by atoms with Gasteiger partial charge in [-0.05, 0) is 55.9 Å². The topological polar surface area (TPSA) is 40.5 Å². The van der Waals surface area contributed by atoms with E-state index in [-0.39, 0.29) is 0 Å². The molecule has 0 aromatic carbocycles. The van der Waals surface area contributed by atoms with Gasteiger partial charge in [-0.3, -0.25) is 0 Å². The molecule has 2 N–H and O–H groups in total. The third-order valence-electron chi connectivity index (χ3n) is 3.99. The van der Waals surface area contributed by atoms with Gasteiger partial charge < -0.3 is 10.2 Å². The molecule has 0 saturated heterocycles. The monoisotopic (exact) mass is 238 g/mol. The molecule has 0 heterocycles. The summed E-state index contributed by atoms with van der Waals surface area (Å²) >= 11 is 0. The van der Waals surface area contributed by atoms with Crippen molar-refractivity contribution in [1.29, 1.82) is 0 Å². The van der Waals surface area contributed by atoms with Crippen molar-refractivity contribution in [1.82, 2.24) is 0 Å². The summed E-state index contributed by atoms with van der Waals surface area (Å²) in [5.74, 6) is 0. The lowest BCUT2D eigenvalue weighted by atomic mass is 9.82. The molecule has 0 saturated carbocycles. The van der Waals surface area contributed by atoms with Crippen molar-refractivity contribution in [3.05, 3.63) is 22.3 Å². The van der Waals surface area contributed by atoms with Crippen molar-refractivity contribution in [3.63, 3.8) is 0 Å². The average Bonchev–Trinajstić information content (AvgIpc) is 2.33. The first-order valence-corrected chi connectivity index (χ1v) is 6.73. The number of aliphatic hydroxyl groups is 2. The first-order valence-electron chi connectivity index (χ1n) is 6.73. The molecule has 2 nitrogen and oxygen atoms in total. The van der Waals surface area contributed by atoms with E-state index in [0.717, 1.165) is 35.1 Å². The zero-order valence-electron chi connectivity index (χ0n) is 11.6. The van der Waals surface area contributed by atoms with Crippen molar-refractivity contribution in [2.24, 2.45) is 0 Å². The molecule has 98 valence electrons. The van der Waals surface area contributed by atoms with Gasteiger partial charge in [0, 0.05) is 0 Å². The third-order valence-corrected chi connectivity index (χ3v) is 3.99. The van der Waals surface area contributed by atoms with Crippen molar-refractivity contribution in [3.8, 4) is 0 Å². The zero-order valence-corrected chi connectivity index (χ0v) is 11.6. The fourth-order valence-electron chi connectivity index (χ4n) is 2.48. The van der Waals surface area contributed by atoms with E-state index >= 15 is 0 Å². The Morgan fingerprint density at radius 1 is 0.824 bits per heavy atom. The standard InChI is InChI=1S/C15H26O2/c1-5-6-7-8-9-13-12(4)14(16)10(2)11(3)15(13)17/h14-17H,5-9H2,1-4H3. The van der Waals surface area contributed by atoms with Crippen LogP contribution in [0, 0.1) is 0 Å². The molecule has 2 unspecified atom stereocenters. The molecule has 0 fully saturated rings. The van der Waals surface area contributed by atoms with E-state index in [1.165, 1.54) is 19.3 Å². The number of hydrogen-bond acceptors (Lipinski definition) is 2. The van der Waals surface area contributed by atoms with Crippen LogP contribution in [0.15, 0.2) is 22.3 Å². The molecule has 0 aliphatic heterocycles. The lowest BCUT2D eigenvalue weighted by Gasteiger charge is -2.30. The van der Waals surface area contributed by atoms with Gasteiger partial charge in [0.1, 0.15) is 0 Å². The van der Waals surface area contributed by atoms with Crippen molar-refractivity contribution in [2.75, 3.05) is 0 Å². The molecule has 2 heteroatoms. The highest BCUT2D eigenvalue weighted by atomic mass is 16.3. The van der Waals surface area contributed by atoms with Crippen LogP contribution >= 0.6 is 0 Å². The average molecular weight is 238 g/mol. The predicted molar refractivity (Wildman–Crippen MR) is 71.8 cm³/mol. The summed E-state index contributed by atoms with van der Waals surface area (Å²) in [5, 5.41) is 20.3. The fourth-order valence-corrected chi connectivity index (χ4v) is 2.48. The highest BCUT2D eigenvalue weighted by Crippen LogP contribution is 2.32. The minimum atomic E-state index is -0.487. The van der Waals surface area contributed by atoms with Crippen LogP contribution in [0.4, 0.5) is 0 Å². The molecular weight excluding hydrogens is 212 g/mol. The van der Waals surface area contributed by atoms with Gasteiger partial charge in [-0.1, -0.05) is 26.2 Å². The Bertz CT molecular complexity index is 326. The fraction of sp³-hybridized carbons (Fsp3) is 0.733. The van der Waals surface area contributed by atoms with Gasteiger partial charge in [0.05, 0.1) is 12.2 Å². The summed E-state index contributed by atoms with van der Waals surface area (Å²) < 4.78 is 0. The molecule has 17 heavy (non-hydrogen) atoms. The van der Waals surface area contributed by atoms with Gasteiger partial charge >= 0.3 is 0 Å². The lowest BCUT2D eigenvalue weighted by Crippen LogP contribution is -2.27. The van der Waals surface area contributed by atoms with Crippen molar-refractivity contribution >= 4 is 0 Å². The molecule has 0 aromatic heterocycles. The van der Waals surface area contributed by atoms with E-state index < -0.39 is 12.2 Å². The van der Waals surface area contributed by atoms with Crippen molar-refractivity contribution < 1.29 is 10.2 Å². The number of aliphatic hydroxyl groups excluding tert-OH is 2. The van der Waals surface area contributed by atoms with E-state index in [2.05, 4.69) is 6.92 Å². The van der Waals surface area contributed by atoms with Crippen LogP contribution in [0.3, 0.4) is 0 Å². The summed E-state index contributed by atoms with van der Waals surface area (Å²) in [6.07, 6.45) is 4.74. The minimum absolute atomic E-state index is 0.472. The quantitative estimate of drug-likeness (QED) is 0.569. The zero-order chi connectivity index (χ0) is 13.0. The normalized spacial score (nSPS) is 25.8. The lowest BCUT2D eigenvalue weighted by molar-refractivity contribution is 0.198. The van der Waals surface area contributed by atoms with Crippen LogP contribution in [0.2, 0.25) is 0 Å². The van der Waals surface area contributed by atoms with Crippen LogP contribution in [0.5, 0.6) is 0 Å². The molecule has 0 spiro atoms. The minimum Gasteiger partial charge on any atom is -0.384 e. The molecular formula is C15H26O2. The second kappa shape index (κ2) is 6.36. The molecule has 1 rings (SSSR count). The second-order valence-electron chi connectivity index (χ2n) is 5.19. The van der Waals surface area contributed by atoms with E-state index in [0.29, 0.717) is 0 Å². The predicted octanol–water partition coefficient (Wildman–Crippen LogP) is 3.35. The van der Waals surface area contributed by atoms with E-state index in [9.17, 15) is 10.2 Å². The molecule has 1 aliphatic carbocycles. The Kier molecular flexibility index (Phi) is 5.41. The highest BCUT2D eigenvalue weighted by molar-refractivity contribution is 5.40. The Morgan fingerprint density at radius 3 is 2.00 bits per heavy atom. The number of rotatable bonds is 5. The second-order valence-corrected chi connectivity index (χ2v) is 5.19. The van der Waals surface area contributed by atoms with Crippen molar-refractivity contribution in [2.45, 2.75) is 72.0 Å². The Labute approximate surface area is 105 Å². The van der Waals surface area contributed by atoms with Crippen LogP contribution in [-0.4, -0.2) is 22.4 Å². The molecule has 1 aliphatic rings. The molecule has 2 atom stereocenters. The van der Waals surface area contributed by atoms with Gasteiger partial charge in [0.2, 0.25) is 0 Å². The van der Waals surface area contributed by atoms with E-state index in [1.54, 1.807) is 0 Å². The maximum absolute atomic E-state index is 10.2. The van der Waals surface area contributed by atoms with Crippen LogP contribution in [0.25, 0.3) is 0 Å². The Balaban J connectivity index is 2.70. The van der Waals surface area contributed by atoms with Gasteiger partial charge in [0.25, 0.3) is 0 Å². The molecule has 0 amide bonds. The Hall–Kier alpha value is -0.600. The highest BCUT2D eigenvalue weighted by Gasteiger charge is 2.27. The summed E-state index contributed by atoms with van der Waals surface area (Å²) in [6.45, 7) is 7.96. The van der Waals surface area contributed by atoms with Crippen LogP contribution < -0.4 is 0 Å². The molecule has 0 aromatic rings. The smallest absolute Gasteiger partial charge is 0.0965 e. The van der Waals surface area contributed by atoms with Crippen LogP contribution in [0.1, 0.15) is 59.8 Å². The summed E-state index contributed by atoms with van der Waals surface area (Å²) in [5.41, 5.74) is 3.83. The number of unbranched alkanes of at least 4 members (excludes halogenated alkanes) is 3. The maximum Gasteiger partial charge on any atom is 0.0965 e. The SMILES string of the molecule is CCCCCCC1=C(C)C(O)C(C)=C(C)C1O. The molecule has 0 radical (unpaired) electrons. The van der Waals surface area contributed by atoms with Gasteiger partial charge in [-0.25, -0.2) is 0 Å².